The molecular weight excluding hydrogens is 404 g/mol. The molecule has 0 radical (unpaired) electrons. The van der Waals surface area contributed by atoms with Crippen LogP contribution in [0.3, 0.4) is 0 Å². The fraction of sp³-hybridized carbons (Fsp3) is 0.500. The van der Waals surface area contributed by atoms with Gasteiger partial charge in [-0.3, -0.25) is 14.3 Å². The van der Waals surface area contributed by atoms with Crippen molar-refractivity contribution in [2.45, 2.75) is 53.5 Å². The molecular formula is C24H32N6O2. The van der Waals surface area contributed by atoms with E-state index in [1.807, 2.05) is 31.5 Å². The van der Waals surface area contributed by atoms with Crippen LogP contribution < -0.4 is 5.32 Å². The van der Waals surface area contributed by atoms with Crippen LogP contribution >= 0.6 is 0 Å². The molecule has 1 unspecified atom stereocenters. The number of nitrogens with zero attached hydrogens (tertiary/aromatic N) is 4. The lowest BCUT2D eigenvalue weighted by Crippen LogP contribution is -2.56. The van der Waals surface area contributed by atoms with E-state index in [0.717, 1.165) is 28.2 Å². The number of carbonyl (C=O) groups is 2. The van der Waals surface area contributed by atoms with E-state index in [9.17, 15) is 9.59 Å². The lowest BCUT2D eigenvalue weighted by atomic mass is 9.98. The number of benzene rings is 1. The third-order valence-corrected chi connectivity index (χ3v) is 6.34. The van der Waals surface area contributed by atoms with Gasteiger partial charge in [0.05, 0.1) is 28.7 Å². The summed E-state index contributed by atoms with van der Waals surface area (Å²) in [5.74, 6) is 0.808. The first-order chi connectivity index (χ1) is 15.2. The van der Waals surface area contributed by atoms with Crippen molar-refractivity contribution < 1.29 is 9.59 Å². The minimum Gasteiger partial charge on any atom is -0.355 e. The average Bonchev–Trinajstić information content (AvgIpc) is 3.22. The second-order valence-electron chi connectivity index (χ2n) is 9.10. The first-order valence-electron chi connectivity index (χ1n) is 11.3. The number of likely N-dealkylation sites (tertiary alicyclic amines) is 1. The van der Waals surface area contributed by atoms with Crippen LogP contribution in [0.2, 0.25) is 0 Å². The van der Waals surface area contributed by atoms with E-state index in [1.165, 1.54) is 11.1 Å². The Morgan fingerprint density at radius 2 is 1.88 bits per heavy atom. The monoisotopic (exact) mass is 436 g/mol. The highest BCUT2D eigenvalue weighted by Crippen LogP contribution is 2.21. The van der Waals surface area contributed by atoms with Gasteiger partial charge in [0.1, 0.15) is 5.82 Å². The van der Waals surface area contributed by atoms with Crippen molar-refractivity contribution in [3.8, 4) is 0 Å². The number of hydrogen-bond acceptors (Lipinski definition) is 4. The van der Waals surface area contributed by atoms with Crippen molar-refractivity contribution >= 4 is 22.8 Å². The number of aromatic nitrogens is 4. The fourth-order valence-electron chi connectivity index (χ4n) is 4.30. The minimum atomic E-state index is -0.135. The van der Waals surface area contributed by atoms with Gasteiger partial charge in [-0.05, 0) is 63.9 Å². The van der Waals surface area contributed by atoms with Crippen LogP contribution in [-0.4, -0.2) is 56.1 Å². The molecule has 170 valence electrons. The summed E-state index contributed by atoms with van der Waals surface area (Å²) in [7, 11) is 0. The number of aryl methyl sites for hydroxylation is 4. The van der Waals surface area contributed by atoms with E-state index in [0.29, 0.717) is 32.5 Å². The maximum Gasteiger partial charge on any atom is 0.226 e. The minimum absolute atomic E-state index is 0.000427. The molecule has 1 fully saturated rings. The Labute approximate surface area is 188 Å². The van der Waals surface area contributed by atoms with Gasteiger partial charge in [0.2, 0.25) is 11.8 Å². The van der Waals surface area contributed by atoms with Gasteiger partial charge in [-0.2, -0.15) is 5.10 Å². The van der Waals surface area contributed by atoms with Crippen LogP contribution in [0.4, 0.5) is 0 Å². The first kappa shape index (κ1) is 22.0. The predicted octanol–water partition coefficient (Wildman–Crippen LogP) is 2.76. The molecule has 8 nitrogen and oxygen atoms in total. The van der Waals surface area contributed by atoms with Gasteiger partial charge >= 0.3 is 0 Å². The number of carbonyl (C=O) groups excluding carboxylic acids is 2. The average molecular weight is 437 g/mol. The Morgan fingerprint density at radius 1 is 1.16 bits per heavy atom. The number of imidazole rings is 1. The maximum absolute atomic E-state index is 12.6. The Kier molecular flexibility index (Phi) is 6.04. The molecule has 1 aliphatic rings. The number of rotatable bonds is 7. The molecule has 0 saturated carbocycles. The van der Waals surface area contributed by atoms with Crippen molar-refractivity contribution in [2.75, 3.05) is 19.6 Å². The van der Waals surface area contributed by atoms with Gasteiger partial charge in [-0.15, -0.1) is 0 Å². The van der Waals surface area contributed by atoms with Crippen LogP contribution in [0.1, 0.15) is 47.7 Å². The molecule has 1 atom stereocenters. The quantitative estimate of drug-likeness (QED) is 0.595. The van der Waals surface area contributed by atoms with Gasteiger partial charge in [0.25, 0.3) is 0 Å². The predicted molar refractivity (Wildman–Crippen MR) is 123 cm³/mol. The molecule has 2 aromatic heterocycles. The summed E-state index contributed by atoms with van der Waals surface area (Å²) in [4.78, 5) is 34.7. The number of nitrogens with one attached hydrogen (secondary N) is 2. The SMILES string of the molecule is Cc1cc(C)n(C(C)CC(=O)N2CC(C(=O)NCCc3nc4cc(C)c(C)cc4[nH]3)C2)n1. The number of aromatic amines is 1. The van der Waals surface area contributed by atoms with Crippen molar-refractivity contribution in [1.82, 2.24) is 30.0 Å². The molecule has 3 aromatic rings. The Balaban J connectivity index is 1.21. The maximum atomic E-state index is 12.6. The second kappa shape index (κ2) is 8.76. The standard InChI is InChI=1S/C24H32N6O2/c1-14-8-20-21(9-15(14)2)27-22(26-20)6-7-25-24(32)19-12-29(13-19)23(31)11-18(5)30-17(4)10-16(3)28-30/h8-10,18-19H,6-7,11-13H2,1-5H3,(H,25,32)(H,26,27). The first-order valence-corrected chi connectivity index (χ1v) is 11.3. The number of amides is 2. The molecule has 32 heavy (non-hydrogen) atoms. The molecule has 3 heterocycles. The van der Waals surface area contributed by atoms with Gasteiger partial charge in [-0.25, -0.2) is 4.98 Å². The summed E-state index contributed by atoms with van der Waals surface area (Å²) in [6, 6.07) is 6.20. The van der Waals surface area contributed by atoms with E-state index in [1.54, 1.807) is 4.90 Å². The van der Waals surface area contributed by atoms with Gasteiger partial charge in [0, 0.05) is 38.2 Å². The van der Waals surface area contributed by atoms with E-state index in [4.69, 9.17) is 0 Å². The highest BCUT2D eigenvalue weighted by molar-refractivity contribution is 5.84. The Morgan fingerprint density at radius 3 is 2.56 bits per heavy atom. The molecule has 0 spiro atoms. The molecule has 8 heteroatoms. The van der Waals surface area contributed by atoms with E-state index < -0.39 is 0 Å². The summed E-state index contributed by atoms with van der Waals surface area (Å²) >= 11 is 0. The highest BCUT2D eigenvalue weighted by atomic mass is 16.2. The van der Waals surface area contributed by atoms with Crippen LogP contribution in [0, 0.1) is 33.6 Å². The smallest absolute Gasteiger partial charge is 0.226 e. The molecule has 2 amide bonds. The van der Waals surface area contributed by atoms with Crippen molar-refractivity contribution in [1.29, 1.82) is 0 Å². The third kappa shape index (κ3) is 4.54. The van der Waals surface area contributed by atoms with Crippen molar-refractivity contribution in [3.63, 3.8) is 0 Å². The van der Waals surface area contributed by atoms with Crippen LogP contribution in [0.25, 0.3) is 11.0 Å². The summed E-state index contributed by atoms with van der Waals surface area (Å²) in [5, 5.41) is 7.45. The highest BCUT2D eigenvalue weighted by Gasteiger charge is 2.35. The number of hydrogen-bond donors (Lipinski definition) is 2. The zero-order valence-corrected chi connectivity index (χ0v) is 19.5. The topological polar surface area (TPSA) is 95.9 Å². The summed E-state index contributed by atoms with van der Waals surface area (Å²) in [6.07, 6.45) is 1.04. The van der Waals surface area contributed by atoms with Gasteiger partial charge in [0.15, 0.2) is 0 Å². The van der Waals surface area contributed by atoms with Crippen LogP contribution in [-0.2, 0) is 16.0 Å². The lowest BCUT2D eigenvalue weighted by molar-refractivity contribution is -0.143. The Hall–Kier alpha value is -3.16. The van der Waals surface area contributed by atoms with E-state index in [2.05, 4.69) is 46.4 Å². The summed E-state index contributed by atoms with van der Waals surface area (Å²) < 4.78 is 1.90. The second-order valence-corrected chi connectivity index (χ2v) is 9.10. The zero-order valence-electron chi connectivity index (χ0n) is 19.5. The molecule has 0 aliphatic carbocycles. The zero-order chi connectivity index (χ0) is 23.0. The third-order valence-electron chi connectivity index (χ3n) is 6.34. The number of fused-ring (bicyclic) bond motifs is 1. The van der Waals surface area contributed by atoms with Gasteiger partial charge in [-0.1, -0.05) is 0 Å². The fourth-order valence-corrected chi connectivity index (χ4v) is 4.30. The number of H-pyrrole nitrogens is 1. The van der Waals surface area contributed by atoms with E-state index >= 15 is 0 Å². The lowest BCUT2D eigenvalue weighted by Gasteiger charge is -2.38. The molecule has 0 bridgehead atoms. The van der Waals surface area contributed by atoms with Crippen molar-refractivity contribution in [2.24, 2.45) is 5.92 Å². The molecule has 1 saturated heterocycles. The summed E-state index contributed by atoms with van der Waals surface area (Å²) in [5.41, 5.74) is 6.44. The summed E-state index contributed by atoms with van der Waals surface area (Å²) in [6.45, 7) is 11.6. The normalized spacial score (nSPS) is 15.1. The largest absolute Gasteiger partial charge is 0.355 e. The van der Waals surface area contributed by atoms with E-state index in [-0.39, 0.29) is 23.8 Å². The van der Waals surface area contributed by atoms with Crippen molar-refractivity contribution in [3.05, 3.63) is 46.5 Å². The molecule has 1 aliphatic heterocycles. The van der Waals surface area contributed by atoms with Crippen LogP contribution in [0.5, 0.6) is 0 Å². The van der Waals surface area contributed by atoms with Gasteiger partial charge < -0.3 is 15.2 Å². The molecule has 1 aromatic carbocycles. The molecule has 4 rings (SSSR count). The molecule has 2 N–H and O–H groups in total. The Bertz CT molecular complexity index is 1120. The van der Waals surface area contributed by atoms with Crippen LogP contribution in [0.15, 0.2) is 18.2 Å².